The zero-order valence-electron chi connectivity index (χ0n) is 5.20. The minimum atomic E-state index is 0.806. The minimum Gasteiger partial charge on any atom is -0.174 e. The molecule has 0 N–H and O–H groups in total. The lowest BCUT2D eigenvalue weighted by Crippen LogP contribution is -1.77. The highest BCUT2D eigenvalue weighted by atomic mass is 19.3. The summed E-state index contributed by atoms with van der Waals surface area (Å²) in [4.78, 5) is 0. The van der Waals surface area contributed by atoms with Crippen LogP contribution in [0.5, 0.6) is 0 Å². The molecule has 0 bridgehead atoms. The third kappa shape index (κ3) is 1.85. The van der Waals surface area contributed by atoms with Crippen molar-refractivity contribution in [1.29, 1.82) is 0 Å². The lowest BCUT2D eigenvalue weighted by Gasteiger charge is -1.86. The second-order valence-corrected chi connectivity index (χ2v) is 1.71. The van der Waals surface area contributed by atoms with E-state index in [1.807, 2.05) is 18.2 Å². The molecule has 0 aliphatic carbocycles. The first-order chi connectivity index (χ1) is 4.93. The molecule has 10 heavy (non-hydrogen) atoms. The van der Waals surface area contributed by atoms with E-state index >= 15 is 0 Å². The van der Waals surface area contributed by atoms with Crippen LogP contribution in [0.3, 0.4) is 0 Å². The maximum Gasteiger partial charge on any atom is 0.0779 e. The van der Waals surface area contributed by atoms with Crippen molar-refractivity contribution in [3.63, 3.8) is 0 Å². The third-order valence-corrected chi connectivity index (χ3v) is 1.04. The number of halogens is 1. The zero-order chi connectivity index (χ0) is 7.23. The average molecular weight is 139 g/mol. The number of rotatable bonds is 2. The van der Waals surface area contributed by atoms with E-state index < -0.39 is 0 Å². The number of nitrogens with zero attached hydrogens (tertiary/aromatic N) is 1. The molecule has 0 spiro atoms. The van der Waals surface area contributed by atoms with Gasteiger partial charge in [-0.15, -0.1) is 0 Å². The summed E-state index contributed by atoms with van der Waals surface area (Å²) in [7, 11) is 0. The van der Waals surface area contributed by atoms with Crippen molar-refractivity contribution in [3.05, 3.63) is 35.9 Å². The Morgan fingerprint density at radius 2 is 2.00 bits per heavy atom. The van der Waals surface area contributed by atoms with Crippen LogP contribution in [0, 0.1) is 0 Å². The number of benzene rings is 1. The highest BCUT2D eigenvalue weighted by Gasteiger charge is 1.81. The topological polar surface area (TPSA) is 21.6 Å². The van der Waals surface area contributed by atoms with Crippen molar-refractivity contribution in [1.82, 2.24) is 0 Å². The second kappa shape index (κ2) is 3.61. The Labute approximate surface area is 57.8 Å². The zero-order valence-corrected chi connectivity index (χ0v) is 5.20. The van der Waals surface area contributed by atoms with Gasteiger partial charge in [-0.1, -0.05) is 30.3 Å². The van der Waals surface area contributed by atoms with E-state index in [1.165, 1.54) is 6.21 Å². The highest BCUT2D eigenvalue weighted by Crippen LogP contribution is 1.93. The first kappa shape index (κ1) is 6.74. The Bertz CT molecular complexity index is 210. The fourth-order valence-electron chi connectivity index (χ4n) is 0.620. The van der Waals surface area contributed by atoms with E-state index in [0.717, 1.165) is 5.56 Å². The lowest BCUT2D eigenvalue weighted by molar-refractivity contribution is -0.130. The van der Waals surface area contributed by atoms with E-state index in [-0.39, 0.29) is 0 Å². The predicted octanol–water partition coefficient (Wildman–Crippen LogP) is 1.92. The third-order valence-electron chi connectivity index (χ3n) is 1.04. The molecule has 0 amide bonds. The van der Waals surface area contributed by atoms with Crippen LogP contribution in [0.1, 0.15) is 5.56 Å². The van der Waals surface area contributed by atoms with Crippen molar-refractivity contribution in [3.8, 4) is 0 Å². The van der Waals surface area contributed by atoms with Crippen LogP contribution < -0.4 is 0 Å². The van der Waals surface area contributed by atoms with Crippen LogP contribution in [0.15, 0.2) is 35.5 Å². The second-order valence-electron chi connectivity index (χ2n) is 1.71. The van der Waals surface area contributed by atoms with Crippen LogP contribution in [0.25, 0.3) is 0 Å². The van der Waals surface area contributed by atoms with Gasteiger partial charge in [-0.2, -0.15) is 5.04 Å². The number of hydrogen-bond donors (Lipinski definition) is 0. The monoisotopic (exact) mass is 139 g/mol. The summed E-state index contributed by atoms with van der Waals surface area (Å²) < 4.78 is 11.0. The normalized spacial score (nSPS) is 10.1. The molecule has 0 aromatic heterocycles. The molecule has 0 aliphatic rings. The van der Waals surface area contributed by atoms with Crippen LogP contribution in [-0.4, -0.2) is 6.21 Å². The van der Waals surface area contributed by atoms with Gasteiger partial charge in [0.1, 0.15) is 0 Å². The summed E-state index contributed by atoms with van der Waals surface area (Å²) in [6, 6.07) is 9.12. The Hall–Kier alpha value is -1.38. The van der Waals surface area contributed by atoms with Crippen molar-refractivity contribution in [2.24, 2.45) is 5.16 Å². The van der Waals surface area contributed by atoms with Crippen LogP contribution in [-0.2, 0) is 5.04 Å². The summed E-state index contributed by atoms with van der Waals surface area (Å²) in [6.07, 6.45) is 1.29. The summed E-state index contributed by atoms with van der Waals surface area (Å²) in [5, 5.41) is 5.97. The van der Waals surface area contributed by atoms with Crippen LogP contribution in [0.2, 0.25) is 0 Å². The van der Waals surface area contributed by atoms with Gasteiger partial charge in [-0.3, -0.25) is 0 Å². The van der Waals surface area contributed by atoms with Gasteiger partial charge in [0.25, 0.3) is 0 Å². The smallest absolute Gasteiger partial charge is 0.0779 e. The molecule has 0 saturated heterocycles. The van der Waals surface area contributed by atoms with Gasteiger partial charge in [0, 0.05) is 4.53 Å². The van der Waals surface area contributed by atoms with E-state index in [4.69, 9.17) is 0 Å². The average Bonchev–Trinajstić information content (AvgIpc) is 2.03. The Morgan fingerprint density at radius 1 is 1.30 bits per heavy atom. The summed E-state index contributed by atoms with van der Waals surface area (Å²) in [5.41, 5.74) is 0.806. The standard InChI is InChI=1S/C7H6FNO/c8-10-9-6-7-4-2-1-3-5-7/h1-6H/b9-6-. The number of hydrogen-bond acceptors (Lipinski definition) is 2. The molecule has 1 aromatic carbocycles. The Balaban J connectivity index is 2.67. The molecule has 1 aromatic rings. The van der Waals surface area contributed by atoms with Gasteiger partial charge in [0.2, 0.25) is 0 Å². The van der Waals surface area contributed by atoms with Gasteiger partial charge < -0.3 is 0 Å². The van der Waals surface area contributed by atoms with Gasteiger partial charge in [-0.25, -0.2) is 0 Å². The highest BCUT2D eigenvalue weighted by molar-refractivity contribution is 5.78. The SMILES string of the molecule is FO/N=C\c1ccccc1. The predicted molar refractivity (Wildman–Crippen MR) is 36.2 cm³/mol. The molecular weight excluding hydrogens is 133 g/mol. The molecule has 0 radical (unpaired) electrons. The van der Waals surface area contributed by atoms with Crippen molar-refractivity contribution in [2.75, 3.05) is 0 Å². The van der Waals surface area contributed by atoms with Crippen LogP contribution in [0.4, 0.5) is 4.53 Å². The molecule has 0 heterocycles. The Kier molecular flexibility index (Phi) is 2.43. The molecule has 0 fully saturated rings. The van der Waals surface area contributed by atoms with E-state index in [9.17, 15) is 4.53 Å². The van der Waals surface area contributed by atoms with Crippen molar-refractivity contribution < 1.29 is 9.57 Å². The summed E-state index contributed by atoms with van der Waals surface area (Å²) in [5.74, 6) is 0. The Morgan fingerprint density at radius 3 is 2.60 bits per heavy atom. The van der Waals surface area contributed by atoms with Crippen molar-refractivity contribution >= 4 is 6.21 Å². The van der Waals surface area contributed by atoms with E-state index in [1.54, 1.807) is 12.1 Å². The fraction of sp³-hybridized carbons (Fsp3) is 0. The largest absolute Gasteiger partial charge is 0.174 e. The summed E-state index contributed by atoms with van der Waals surface area (Å²) in [6.45, 7) is 0. The maximum absolute atomic E-state index is 11.0. The molecule has 1 rings (SSSR count). The first-order valence-corrected chi connectivity index (χ1v) is 2.79. The van der Waals surface area contributed by atoms with Crippen molar-refractivity contribution in [2.45, 2.75) is 0 Å². The molecule has 0 saturated carbocycles. The molecule has 0 unspecified atom stereocenters. The molecule has 0 aliphatic heterocycles. The van der Waals surface area contributed by atoms with E-state index in [0.29, 0.717) is 0 Å². The fourth-order valence-corrected chi connectivity index (χ4v) is 0.620. The minimum absolute atomic E-state index is 0.806. The van der Waals surface area contributed by atoms with Gasteiger partial charge in [0.15, 0.2) is 0 Å². The van der Waals surface area contributed by atoms with Crippen LogP contribution >= 0.6 is 0 Å². The molecule has 3 heteroatoms. The van der Waals surface area contributed by atoms with Gasteiger partial charge in [-0.05, 0) is 10.7 Å². The summed E-state index contributed by atoms with van der Waals surface area (Å²) >= 11 is 0. The number of oxime groups is 1. The van der Waals surface area contributed by atoms with E-state index in [2.05, 4.69) is 10.2 Å². The molecular formula is C7H6FNO. The quantitative estimate of drug-likeness (QED) is 0.453. The lowest BCUT2D eigenvalue weighted by atomic mass is 10.2. The van der Waals surface area contributed by atoms with Gasteiger partial charge in [0.05, 0.1) is 6.21 Å². The first-order valence-electron chi connectivity index (χ1n) is 2.79. The molecule has 0 atom stereocenters. The molecule has 52 valence electrons. The molecule has 2 nitrogen and oxygen atoms in total. The maximum atomic E-state index is 11.0. The van der Waals surface area contributed by atoms with Gasteiger partial charge >= 0.3 is 0 Å².